The minimum absolute atomic E-state index is 0.0248. The number of fused-ring (bicyclic) bond motifs is 7. The van der Waals surface area contributed by atoms with E-state index in [1.807, 2.05) is 0 Å². The Morgan fingerprint density at radius 1 is 0.655 bits per heavy atom. The van der Waals surface area contributed by atoms with E-state index in [0.29, 0.717) is 34.7 Å². The summed E-state index contributed by atoms with van der Waals surface area (Å²) in [7, 11) is 0. The molecule has 55 heavy (non-hydrogen) atoms. The van der Waals surface area contributed by atoms with Gasteiger partial charge in [0.15, 0.2) is 13.6 Å². The van der Waals surface area contributed by atoms with Crippen molar-refractivity contribution in [3.05, 3.63) is 58.7 Å². The van der Waals surface area contributed by atoms with Gasteiger partial charge in [-0.1, -0.05) is 53.9 Å². The Hall–Kier alpha value is -3.76. The average Bonchev–Trinajstić information content (AvgIpc) is 3.76. The fourth-order valence-corrected chi connectivity index (χ4v) is 12.3. The van der Waals surface area contributed by atoms with E-state index in [1.165, 1.54) is 51.0 Å². The first-order valence-electron chi connectivity index (χ1n) is 20.7. The van der Waals surface area contributed by atoms with E-state index in [2.05, 4.69) is 34.6 Å². The van der Waals surface area contributed by atoms with Crippen molar-refractivity contribution in [3.8, 4) is 11.5 Å². The normalized spacial score (nSPS) is 34.0. The van der Waals surface area contributed by atoms with Crippen molar-refractivity contribution in [3.63, 3.8) is 0 Å². The van der Waals surface area contributed by atoms with Crippen molar-refractivity contribution in [1.29, 1.82) is 0 Å². The van der Waals surface area contributed by atoms with Crippen molar-refractivity contribution in [2.45, 2.75) is 117 Å². The van der Waals surface area contributed by atoms with Crippen LogP contribution in [0.15, 0.2) is 36.4 Å². The van der Waals surface area contributed by atoms with Crippen molar-refractivity contribution >= 4 is 23.9 Å². The number of hydrogen-bond acceptors (Lipinski definition) is 10. The quantitative estimate of drug-likeness (QED) is 0.111. The van der Waals surface area contributed by atoms with Gasteiger partial charge in [0.2, 0.25) is 0 Å². The second-order valence-electron chi connectivity index (χ2n) is 18.3. The van der Waals surface area contributed by atoms with Crippen LogP contribution < -0.4 is 9.47 Å². The lowest BCUT2D eigenvalue weighted by Crippen LogP contribution is -2.59. The number of rotatable bonds is 13. The van der Waals surface area contributed by atoms with Crippen LogP contribution in [0.4, 0.5) is 0 Å². The van der Waals surface area contributed by atoms with Gasteiger partial charge in [0.25, 0.3) is 0 Å². The molecule has 6 aliphatic rings. The van der Waals surface area contributed by atoms with Gasteiger partial charge in [0.05, 0.1) is 34.5 Å². The summed E-state index contributed by atoms with van der Waals surface area (Å²) in [4.78, 5) is 48.1. The maximum atomic E-state index is 12.2. The molecule has 0 aromatic heterocycles. The summed E-state index contributed by atoms with van der Waals surface area (Å²) in [6, 6.07) is 9.56. The molecule has 10 unspecified atom stereocenters. The number of hydrogen-bond donors (Lipinski definition) is 0. The first-order valence-corrected chi connectivity index (χ1v) is 20.7. The molecule has 0 bridgehead atoms. The number of benzene rings is 2. The molecule has 2 heterocycles. The highest BCUT2D eigenvalue weighted by Crippen LogP contribution is 2.69. The Bertz CT molecular complexity index is 1840. The molecule has 10 heteroatoms. The smallest absolute Gasteiger partial charge is 0.347 e. The van der Waals surface area contributed by atoms with Crippen LogP contribution in [-0.2, 0) is 18.9 Å². The van der Waals surface area contributed by atoms with Crippen LogP contribution in [0.3, 0.4) is 0 Å². The molecule has 10 atom stereocenters. The second-order valence-corrected chi connectivity index (χ2v) is 18.3. The third-order valence-corrected chi connectivity index (χ3v) is 15.1. The molecule has 0 spiro atoms. The van der Waals surface area contributed by atoms with Gasteiger partial charge in [-0.2, -0.15) is 0 Å². The van der Waals surface area contributed by atoms with E-state index >= 15 is 0 Å². The Morgan fingerprint density at radius 3 is 1.87 bits per heavy atom. The van der Waals surface area contributed by atoms with Crippen LogP contribution in [0.5, 0.6) is 11.5 Å². The zero-order valence-electron chi connectivity index (χ0n) is 32.9. The van der Waals surface area contributed by atoms with E-state index in [0.717, 1.165) is 43.4 Å². The van der Waals surface area contributed by atoms with Crippen LogP contribution in [0.2, 0.25) is 0 Å². The van der Waals surface area contributed by atoms with Crippen molar-refractivity contribution in [1.82, 2.24) is 0 Å². The zero-order valence-corrected chi connectivity index (χ0v) is 32.9. The Balaban J connectivity index is 0.973. The summed E-state index contributed by atoms with van der Waals surface area (Å²) in [6.45, 7) is 12.4. The molecular weight excluding hydrogens is 700 g/mol. The molecule has 4 saturated carbocycles. The van der Waals surface area contributed by atoms with Crippen LogP contribution >= 0.6 is 0 Å². The first-order chi connectivity index (χ1) is 26.4. The van der Waals surface area contributed by atoms with E-state index in [4.69, 9.17) is 28.4 Å². The van der Waals surface area contributed by atoms with Gasteiger partial charge in [0, 0.05) is 0 Å². The topological polar surface area (TPSA) is 124 Å². The van der Waals surface area contributed by atoms with Crippen LogP contribution in [0.1, 0.15) is 147 Å². The number of carbonyl (C=O) groups excluding carboxylic acids is 4. The third kappa shape index (κ3) is 7.00. The number of ether oxygens (including phenoxy) is 6. The summed E-state index contributed by atoms with van der Waals surface area (Å²) in [5.41, 5.74) is 1.36. The fraction of sp³-hybridized carbons (Fsp3) is 0.644. The molecule has 0 radical (unpaired) electrons. The molecule has 2 aliphatic heterocycles. The summed E-state index contributed by atoms with van der Waals surface area (Å²) < 4.78 is 34.7. The van der Waals surface area contributed by atoms with E-state index in [-0.39, 0.29) is 59.4 Å². The fourth-order valence-electron chi connectivity index (χ4n) is 12.3. The Kier molecular flexibility index (Phi) is 10.4. The van der Waals surface area contributed by atoms with E-state index in [1.54, 1.807) is 30.3 Å². The molecule has 4 fully saturated rings. The minimum Gasteiger partial charge on any atom is -0.468 e. The highest BCUT2D eigenvalue weighted by molar-refractivity contribution is 6.15. The van der Waals surface area contributed by atoms with Crippen molar-refractivity contribution in [2.75, 3.05) is 13.6 Å². The molecular formula is C45H56O10. The summed E-state index contributed by atoms with van der Waals surface area (Å²) in [6.07, 6.45) is 12.8. The lowest BCUT2D eigenvalue weighted by Gasteiger charge is -2.63. The molecule has 296 valence electrons. The second kappa shape index (κ2) is 15.0. The lowest BCUT2D eigenvalue weighted by molar-refractivity contribution is -0.206. The highest BCUT2D eigenvalue weighted by Gasteiger charge is 2.63. The molecule has 0 amide bonds. The van der Waals surface area contributed by atoms with Gasteiger partial charge < -0.3 is 28.4 Å². The van der Waals surface area contributed by atoms with Gasteiger partial charge >= 0.3 is 23.9 Å². The number of cyclic esters (lactones) is 4. The third-order valence-electron chi connectivity index (χ3n) is 15.1. The maximum Gasteiger partial charge on any atom is 0.347 e. The van der Waals surface area contributed by atoms with Crippen LogP contribution in [-0.4, -0.2) is 49.7 Å². The standard InChI is InChI=1S/C45H56O10/c1-25(2)7-6-8-26(3)35-13-14-36-34-22-39(53-24-52-28-10-12-31-33(20-28)43(49)55-41(31)47)38-21-29(15-17-45(38,5)37(34)16-18-44(35,36)4)51-23-50-27-9-11-30-32(19-27)42(48)54-40(30)46/h9-12,19-20,25-26,29,34-39H,6-8,13-18,21-24H2,1-5H3. The summed E-state index contributed by atoms with van der Waals surface area (Å²) in [5.74, 6) is 2.70. The lowest BCUT2D eigenvalue weighted by atomic mass is 9.43. The predicted molar refractivity (Wildman–Crippen MR) is 202 cm³/mol. The molecule has 2 aromatic rings. The van der Waals surface area contributed by atoms with Gasteiger partial charge in [-0.15, -0.1) is 0 Å². The molecule has 8 rings (SSSR count). The predicted octanol–water partition coefficient (Wildman–Crippen LogP) is 9.18. The SMILES string of the molecule is CC(C)CCCC(C)C1CCC2C3CC(OCOc4ccc5c(c4)C(=O)OC5=O)C4CC(OCOc5ccc6c(c5)C(=O)OC6=O)CCC4(C)C3CCC12C. The summed E-state index contributed by atoms with van der Waals surface area (Å²) in [5, 5.41) is 0. The van der Waals surface area contributed by atoms with Crippen molar-refractivity contribution in [2.24, 2.45) is 52.3 Å². The van der Waals surface area contributed by atoms with Gasteiger partial charge in [0.1, 0.15) is 11.5 Å². The largest absolute Gasteiger partial charge is 0.468 e. The molecule has 4 aliphatic carbocycles. The highest BCUT2D eigenvalue weighted by atomic mass is 16.7. The van der Waals surface area contributed by atoms with E-state index < -0.39 is 23.9 Å². The minimum atomic E-state index is -0.662. The number of carbonyl (C=O) groups is 4. The monoisotopic (exact) mass is 756 g/mol. The molecule has 0 saturated heterocycles. The first kappa shape index (κ1) is 38.1. The van der Waals surface area contributed by atoms with Gasteiger partial charge in [-0.3, -0.25) is 0 Å². The Morgan fingerprint density at radius 2 is 1.24 bits per heavy atom. The molecule has 2 aromatic carbocycles. The maximum absolute atomic E-state index is 12.2. The average molecular weight is 757 g/mol. The van der Waals surface area contributed by atoms with Gasteiger partial charge in [-0.25, -0.2) is 19.2 Å². The Labute approximate surface area is 324 Å². The van der Waals surface area contributed by atoms with Crippen LogP contribution in [0, 0.1) is 52.3 Å². The van der Waals surface area contributed by atoms with Crippen molar-refractivity contribution < 1.29 is 47.6 Å². The van der Waals surface area contributed by atoms with E-state index in [9.17, 15) is 19.2 Å². The zero-order chi connectivity index (χ0) is 38.6. The molecule has 10 nitrogen and oxygen atoms in total. The van der Waals surface area contributed by atoms with Crippen LogP contribution in [0.25, 0.3) is 0 Å². The number of esters is 4. The summed E-state index contributed by atoms with van der Waals surface area (Å²) >= 11 is 0. The molecule has 0 N–H and O–H groups in total. The van der Waals surface area contributed by atoms with Gasteiger partial charge in [-0.05, 0) is 140 Å².